The van der Waals surface area contributed by atoms with E-state index in [1.807, 2.05) is 25.1 Å². The number of hydrogen-bond donors (Lipinski definition) is 4. The van der Waals surface area contributed by atoms with Crippen LogP contribution >= 0.6 is 0 Å². The van der Waals surface area contributed by atoms with Gasteiger partial charge in [-0.2, -0.15) is 0 Å². The number of allylic oxidation sites excluding steroid dienone is 1. The largest absolute Gasteiger partial charge is 0.493 e. The van der Waals surface area contributed by atoms with Gasteiger partial charge in [0.25, 0.3) is 5.91 Å². The van der Waals surface area contributed by atoms with E-state index in [-0.39, 0.29) is 5.91 Å². The standard InChI is InChI=1S/C23H28N6O3/c1-4-32-21-13-19(15-7-9-26-22(12-15)31-3)28-20-11-16(5-6-17(20)21)23(30)27-10-8-18(29-25)14(2)24/h5-7,9,11-13,29H,4,8,10,24-25H2,1-3H3,(H,27,30)/b18-14-. The van der Waals surface area contributed by atoms with E-state index in [2.05, 4.69) is 15.7 Å². The number of hydrazine groups is 1. The van der Waals surface area contributed by atoms with Crippen molar-refractivity contribution < 1.29 is 14.3 Å². The summed E-state index contributed by atoms with van der Waals surface area (Å²) in [7, 11) is 1.56. The highest BCUT2D eigenvalue weighted by Gasteiger charge is 2.13. The van der Waals surface area contributed by atoms with Gasteiger partial charge in [0.2, 0.25) is 5.88 Å². The molecule has 0 radical (unpaired) electrons. The molecule has 2 heterocycles. The molecule has 0 saturated carbocycles. The molecule has 32 heavy (non-hydrogen) atoms. The number of fused-ring (bicyclic) bond motifs is 1. The molecular formula is C23H28N6O3. The molecule has 0 spiro atoms. The Bertz CT molecular complexity index is 1140. The lowest BCUT2D eigenvalue weighted by Gasteiger charge is -2.13. The van der Waals surface area contributed by atoms with Gasteiger partial charge >= 0.3 is 0 Å². The third-order valence-corrected chi connectivity index (χ3v) is 4.88. The summed E-state index contributed by atoms with van der Waals surface area (Å²) in [5.74, 6) is 6.42. The van der Waals surface area contributed by atoms with Crippen molar-refractivity contribution in [3.8, 4) is 22.9 Å². The first kappa shape index (κ1) is 22.8. The second-order valence-corrected chi connectivity index (χ2v) is 7.07. The topological polar surface area (TPSA) is 137 Å². The first-order valence-electron chi connectivity index (χ1n) is 10.2. The van der Waals surface area contributed by atoms with Crippen LogP contribution in [-0.4, -0.2) is 36.1 Å². The van der Waals surface area contributed by atoms with Crippen molar-refractivity contribution in [3.63, 3.8) is 0 Å². The summed E-state index contributed by atoms with van der Waals surface area (Å²) in [6, 6.07) is 10.9. The second-order valence-electron chi connectivity index (χ2n) is 7.07. The molecule has 0 unspecified atom stereocenters. The number of ether oxygens (including phenoxy) is 2. The van der Waals surface area contributed by atoms with E-state index in [0.717, 1.165) is 10.9 Å². The van der Waals surface area contributed by atoms with Crippen LogP contribution in [0.1, 0.15) is 30.6 Å². The number of benzene rings is 1. The number of nitrogens with one attached hydrogen (secondary N) is 2. The van der Waals surface area contributed by atoms with E-state index in [4.69, 9.17) is 26.0 Å². The number of nitrogens with zero attached hydrogens (tertiary/aromatic N) is 2. The van der Waals surface area contributed by atoms with Crippen molar-refractivity contribution in [1.82, 2.24) is 20.7 Å². The van der Waals surface area contributed by atoms with Gasteiger partial charge in [0, 0.05) is 59.2 Å². The third-order valence-electron chi connectivity index (χ3n) is 4.88. The zero-order valence-electron chi connectivity index (χ0n) is 18.4. The Morgan fingerprint density at radius 2 is 2.00 bits per heavy atom. The van der Waals surface area contributed by atoms with Crippen molar-refractivity contribution in [2.75, 3.05) is 20.3 Å². The van der Waals surface area contributed by atoms with Crippen LogP contribution in [0.4, 0.5) is 0 Å². The van der Waals surface area contributed by atoms with Gasteiger partial charge in [-0.25, -0.2) is 9.97 Å². The molecule has 9 nitrogen and oxygen atoms in total. The van der Waals surface area contributed by atoms with E-state index in [1.54, 1.807) is 38.4 Å². The predicted molar refractivity (Wildman–Crippen MR) is 124 cm³/mol. The highest BCUT2D eigenvalue weighted by molar-refractivity contribution is 5.99. The highest BCUT2D eigenvalue weighted by Crippen LogP contribution is 2.31. The minimum Gasteiger partial charge on any atom is -0.493 e. The van der Waals surface area contributed by atoms with E-state index in [0.29, 0.717) is 59.4 Å². The molecule has 0 atom stereocenters. The predicted octanol–water partition coefficient (Wildman–Crippen LogP) is 2.48. The molecule has 0 saturated heterocycles. The van der Waals surface area contributed by atoms with Crippen LogP contribution in [0.25, 0.3) is 22.2 Å². The molecule has 0 fully saturated rings. The van der Waals surface area contributed by atoms with Crippen molar-refractivity contribution in [1.29, 1.82) is 0 Å². The Morgan fingerprint density at radius 1 is 1.19 bits per heavy atom. The number of methoxy groups -OCH3 is 1. The Hall–Kier alpha value is -3.85. The van der Waals surface area contributed by atoms with Gasteiger partial charge in [-0.15, -0.1) is 0 Å². The summed E-state index contributed by atoms with van der Waals surface area (Å²) in [4.78, 5) is 21.6. The maximum atomic E-state index is 12.7. The molecule has 0 bridgehead atoms. The van der Waals surface area contributed by atoms with Gasteiger partial charge in [-0.1, -0.05) is 0 Å². The molecule has 1 aromatic carbocycles. The minimum atomic E-state index is -0.214. The van der Waals surface area contributed by atoms with Crippen molar-refractivity contribution in [3.05, 3.63) is 59.6 Å². The van der Waals surface area contributed by atoms with Gasteiger partial charge < -0.3 is 25.9 Å². The van der Waals surface area contributed by atoms with Gasteiger partial charge in [-0.05, 0) is 38.1 Å². The fraction of sp³-hybridized carbons (Fsp3) is 0.261. The molecule has 1 amide bonds. The first-order chi connectivity index (χ1) is 15.5. The van der Waals surface area contributed by atoms with Crippen molar-refractivity contribution in [2.24, 2.45) is 11.6 Å². The summed E-state index contributed by atoms with van der Waals surface area (Å²) >= 11 is 0. The molecule has 168 valence electrons. The monoisotopic (exact) mass is 436 g/mol. The van der Waals surface area contributed by atoms with Crippen LogP contribution in [0.2, 0.25) is 0 Å². The van der Waals surface area contributed by atoms with E-state index >= 15 is 0 Å². The maximum absolute atomic E-state index is 12.7. The molecule has 3 aromatic rings. The molecule has 0 aliphatic carbocycles. The number of carbonyl (C=O) groups excluding carboxylic acids is 1. The summed E-state index contributed by atoms with van der Waals surface area (Å²) in [5, 5.41) is 3.70. The number of carbonyl (C=O) groups is 1. The van der Waals surface area contributed by atoms with E-state index in [9.17, 15) is 4.79 Å². The number of amides is 1. The summed E-state index contributed by atoms with van der Waals surface area (Å²) in [5.41, 5.74) is 12.2. The second kappa shape index (κ2) is 10.5. The Balaban J connectivity index is 1.92. The van der Waals surface area contributed by atoms with Crippen molar-refractivity contribution >= 4 is 16.8 Å². The molecular weight excluding hydrogens is 408 g/mol. The summed E-state index contributed by atoms with van der Waals surface area (Å²) in [6.45, 7) is 4.56. The number of pyridine rings is 2. The van der Waals surface area contributed by atoms with Gasteiger partial charge in [0.1, 0.15) is 5.75 Å². The van der Waals surface area contributed by atoms with Crippen LogP contribution in [-0.2, 0) is 0 Å². The summed E-state index contributed by atoms with van der Waals surface area (Å²) < 4.78 is 11.1. The molecule has 0 aliphatic heterocycles. The fourth-order valence-electron chi connectivity index (χ4n) is 3.23. The lowest BCUT2D eigenvalue weighted by atomic mass is 10.1. The SMILES string of the molecule is CCOc1cc(-c2ccnc(OC)c2)nc2cc(C(=O)NCC/C(NN)=C(\C)N)ccc12. The number of rotatable bonds is 9. The highest BCUT2D eigenvalue weighted by atomic mass is 16.5. The van der Waals surface area contributed by atoms with Crippen LogP contribution in [0.15, 0.2) is 54.0 Å². The number of nitrogens with two attached hydrogens (primary N) is 2. The quantitative estimate of drug-likeness (QED) is 0.296. The normalized spacial score (nSPS) is 11.6. The average Bonchev–Trinajstić information content (AvgIpc) is 2.81. The minimum absolute atomic E-state index is 0.214. The zero-order valence-corrected chi connectivity index (χ0v) is 18.4. The van der Waals surface area contributed by atoms with Gasteiger partial charge in [-0.3, -0.25) is 10.6 Å². The Kier molecular flexibility index (Phi) is 7.45. The molecule has 3 rings (SSSR count). The van der Waals surface area contributed by atoms with Gasteiger partial charge in [0.15, 0.2) is 0 Å². The van der Waals surface area contributed by atoms with Crippen LogP contribution in [0, 0.1) is 0 Å². The Labute approximate surface area is 186 Å². The van der Waals surface area contributed by atoms with Crippen molar-refractivity contribution in [2.45, 2.75) is 20.3 Å². The molecule has 9 heteroatoms. The molecule has 2 aromatic heterocycles. The zero-order chi connectivity index (χ0) is 23.1. The maximum Gasteiger partial charge on any atom is 0.251 e. The van der Waals surface area contributed by atoms with E-state index in [1.165, 1.54) is 0 Å². The molecule has 0 aliphatic rings. The first-order valence-corrected chi connectivity index (χ1v) is 10.2. The number of aromatic nitrogens is 2. The van der Waals surface area contributed by atoms with Gasteiger partial charge in [0.05, 0.1) is 24.9 Å². The van der Waals surface area contributed by atoms with E-state index < -0.39 is 0 Å². The summed E-state index contributed by atoms with van der Waals surface area (Å²) in [6.07, 6.45) is 2.16. The Morgan fingerprint density at radius 3 is 2.69 bits per heavy atom. The number of hydrogen-bond acceptors (Lipinski definition) is 8. The fourth-order valence-corrected chi connectivity index (χ4v) is 3.23. The van der Waals surface area contributed by atoms with Crippen LogP contribution in [0.3, 0.4) is 0 Å². The molecule has 6 N–H and O–H groups in total. The van der Waals surface area contributed by atoms with Crippen LogP contribution in [0.5, 0.6) is 11.6 Å². The average molecular weight is 437 g/mol. The lowest BCUT2D eigenvalue weighted by Crippen LogP contribution is -2.30. The third kappa shape index (κ3) is 5.25. The lowest BCUT2D eigenvalue weighted by molar-refractivity contribution is 0.0954. The smallest absolute Gasteiger partial charge is 0.251 e. The van der Waals surface area contributed by atoms with Crippen LogP contribution < -0.4 is 31.8 Å².